The van der Waals surface area contributed by atoms with Crippen LogP contribution in [0.2, 0.25) is 0 Å². The number of rotatable bonds is 9. The van der Waals surface area contributed by atoms with Crippen molar-refractivity contribution in [1.82, 2.24) is 25.1 Å². The van der Waals surface area contributed by atoms with Gasteiger partial charge in [-0.25, -0.2) is 4.68 Å². The van der Waals surface area contributed by atoms with Gasteiger partial charge in [0.05, 0.1) is 6.04 Å². The summed E-state index contributed by atoms with van der Waals surface area (Å²) in [7, 11) is 0. The number of aromatic nitrogens is 4. The zero-order valence-electron chi connectivity index (χ0n) is 16.7. The molecule has 0 unspecified atom stereocenters. The highest BCUT2D eigenvalue weighted by atomic mass is 16.5. The molecule has 1 amide bonds. The van der Waals surface area contributed by atoms with Crippen molar-refractivity contribution >= 4 is 5.91 Å². The molecule has 1 aromatic heterocycles. The van der Waals surface area contributed by atoms with Gasteiger partial charge >= 0.3 is 0 Å². The normalized spacial score (nSPS) is 10.7. The van der Waals surface area contributed by atoms with Gasteiger partial charge < -0.3 is 9.64 Å². The number of carbonyl (C=O) groups is 1. The average Bonchev–Trinajstić information content (AvgIpc) is 3.21. The summed E-state index contributed by atoms with van der Waals surface area (Å²) < 4.78 is 7.54. The molecule has 0 aliphatic carbocycles. The van der Waals surface area contributed by atoms with Gasteiger partial charge in [0.25, 0.3) is 5.91 Å². The Morgan fingerprint density at radius 3 is 2.72 bits per heavy atom. The number of tetrazole rings is 1. The van der Waals surface area contributed by atoms with Crippen LogP contribution in [-0.4, -0.2) is 37.6 Å². The summed E-state index contributed by atoms with van der Waals surface area (Å²) in [6.07, 6.45) is 1.73. The van der Waals surface area contributed by atoms with E-state index < -0.39 is 0 Å². The second-order valence-corrected chi connectivity index (χ2v) is 6.91. The van der Waals surface area contributed by atoms with Crippen LogP contribution in [0.1, 0.15) is 41.6 Å². The molecule has 0 N–H and O–H groups in total. The minimum absolute atomic E-state index is 0.0776. The topological polar surface area (TPSA) is 73.1 Å². The first-order valence-electron chi connectivity index (χ1n) is 9.52. The highest BCUT2D eigenvalue weighted by Crippen LogP contribution is 2.18. The fraction of sp³-hybridized carbons (Fsp3) is 0.273. The Balaban J connectivity index is 1.71. The predicted molar refractivity (Wildman–Crippen MR) is 110 cm³/mol. The number of amides is 1. The summed E-state index contributed by atoms with van der Waals surface area (Å²) in [5.74, 6) is 1.15. The molecule has 1 heterocycles. The lowest BCUT2D eigenvalue weighted by Crippen LogP contribution is -2.30. The van der Waals surface area contributed by atoms with Crippen molar-refractivity contribution in [2.24, 2.45) is 0 Å². The number of benzene rings is 2. The number of ether oxygens (including phenoxy) is 1. The van der Waals surface area contributed by atoms with Crippen molar-refractivity contribution < 1.29 is 9.53 Å². The monoisotopic (exact) mass is 391 g/mol. The molecule has 0 saturated carbocycles. The molecular formula is C22H25N5O2. The molecule has 7 heteroatoms. The van der Waals surface area contributed by atoms with E-state index in [1.807, 2.05) is 56.3 Å². The minimum Gasteiger partial charge on any atom is -0.486 e. The van der Waals surface area contributed by atoms with E-state index in [1.54, 1.807) is 27.8 Å². The molecule has 7 nitrogen and oxygen atoms in total. The number of hydrogen-bond donors (Lipinski definition) is 0. The van der Waals surface area contributed by atoms with Crippen LogP contribution in [0.4, 0.5) is 0 Å². The van der Waals surface area contributed by atoms with Crippen molar-refractivity contribution in [2.75, 3.05) is 6.54 Å². The number of hydrogen-bond acceptors (Lipinski definition) is 5. The summed E-state index contributed by atoms with van der Waals surface area (Å²) in [5, 5.41) is 11.7. The van der Waals surface area contributed by atoms with Gasteiger partial charge in [-0.2, -0.15) is 0 Å². The number of nitrogens with zero attached hydrogens (tertiary/aromatic N) is 5. The third-order valence-electron chi connectivity index (χ3n) is 4.35. The minimum atomic E-state index is -0.0776. The molecule has 0 bridgehead atoms. The Bertz CT molecular complexity index is 953. The maximum absolute atomic E-state index is 13.1. The van der Waals surface area contributed by atoms with Crippen molar-refractivity contribution in [2.45, 2.75) is 33.0 Å². The van der Waals surface area contributed by atoms with E-state index in [0.29, 0.717) is 30.2 Å². The van der Waals surface area contributed by atoms with E-state index in [9.17, 15) is 4.79 Å². The zero-order chi connectivity index (χ0) is 20.6. The lowest BCUT2D eigenvalue weighted by Gasteiger charge is -2.21. The summed E-state index contributed by atoms with van der Waals surface area (Å²) in [4.78, 5) is 14.8. The maximum Gasteiger partial charge on any atom is 0.254 e. The van der Waals surface area contributed by atoms with Crippen LogP contribution in [0, 0.1) is 0 Å². The second kappa shape index (κ2) is 9.64. The first-order valence-corrected chi connectivity index (χ1v) is 9.52. The van der Waals surface area contributed by atoms with Crippen LogP contribution in [0.3, 0.4) is 0 Å². The molecule has 3 rings (SSSR count). The molecule has 29 heavy (non-hydrogen) atoms. The van der Waals surface area contributed by atoms with Crippen LogP contribution in [-0.2, 0) is 13.2 Å². The van der Waals surface area contributed by atoms with Gasteiger partial charge in [-0.1, -0.05) is 42.5 Å². The van der Waals surface area contributed by atoms with Crippen molar-refractivity contribution in [3.05, 3.63) is 84.2 Å². The molecular weight excluding hydrogens is 366 g/mol. The molecule has 0 radical (unpaired) electrons. The summed E-state index contributed by atoms with van der Waals surface area (Å²) in [6, 6.07) is 17.2. The molecule has 2 aromatic carbocycles. The summed E-state index contributed by atoms with van der Waals surface area (Å²) in [5.41, 5.74) is 1.62. The van der Waals surface area contributed by atoms with Gasteiger partial charge in [-0.05, 0) is 48.0 Å². The van der Waals surface area contributed by atoms with E-state index in [2.05, 4.69) is 22.1 Å². The smallest absolute Gasteiger partial charge is 0.254 e. The third kappa shape index (κ3) is 5.28. The van der Waals surface area contributed by atoms with Crippen molar-refractivity contribution in [3.63, 3.8) is 0 Å². The zero-order valence-corrected chi connectivity index (χ0v) is 16.7. The number of carbonyl (C=O) groups excluding carboxylic acids is 1. The van der Waals surface area contributed by atoms with Crippen LogP contribution in [0.25, 0.3) is 0 Å². The maximum atomic E-state index is 13.1. The molecule has 3 aromatic rings. The highest BCUT2D eigenvalue weighted by molar-refractivity contribution is 5.94. The van der Waals surface area contributed by atoms with Crippen molar-refractivity contribution in [3.8, 4) is 5.75 Å². The van der Waals surface area contributed by atoms with Crippen molar-refractivity contribution in [1.29, 1.82) is 0 Å². The van der Waals surface area contributed by atoms with Crippen LogP contribution in [0.5, 0.6) is 5.75 Å². The fourth-order valence-electron chi connectivity index (χ4n) is 2.94. The van der Waals surface area contributed by atoms with Gasteiger partial charge in [0, 0.05) is 18.7 Å². The molecule has 0 aliphatic rings. The van der Waals surface area contributed by atoms with Gasteiger partial charge in [0.15, 0.2) is 5.82 Å². The first kappa shape index (κ1) is 20.3. The predicted octanol–water partition coefficient (Wildman–Crippen LogP) is 3.66. The lowest BCUT2D eigenvalue weighted by atomic mass is 10.1. The third-order valence-corrected chi connectivity index (χ3v) is 4.35. The Morgan fingerprint density at radius 2 is 2.00 bits per heavy atom. The van der Waals surface area contributed by atoms with Crippen LogP contribution < -0.4 is 4.74 Å². The molecule has 0 aliphatic heterocycles. The first-order chi connectivity index (χ1) is 14.1. The lowest BCUT2D eigenvalue weighted by molar-refractivity contribution is 0.0762. The Hall–Kier alpha value is -3.48. The van der Waals surface area contributed by atoms with E-state index in [4.69, 9.17) is 4.74 Å². The van der Waals surface area contributed by atoms with Gasteiger partial charge in [-0.3, -0.25) is 4.79 Å². The average molecular weight is 391 g/mol. The highest BCUT2D eigenvalue weighted by Gasteiger charge is 2.16. The fourth-order valence-corrected chi connectivity index (χ4v) is 2.94. The molecule has 0 saturated heterocycles. The van der Waals surface area contributed by atoms with Crippen LogP contribution in [0.15, 0.2) is 67.3 Å². The molecule has 0 fully saturated rings. The van der Waals surface area contributed by atoms with E-state index in [0.717, 1.165) is 5.56 Å². The Kier molecular flexibility index (Phi) is 6.73. The summed E-state index contributed by atoms with van der Waals surface area (Å²) >= 11 is 0. The van der Waals surface area contributed by atoms with Gasteiger partial charge in [0.1, 0.15) is 12.4 Å². The van der Waals surface area contributed by atoms with Gasteiger partial charge in [-0.15, -0.1) is 11.7 Å². The molecule has 150 valence electrons. The SMILES string of the molecule is C=CCN(Cc1ccccc1)C(=O)c1cccc(OCc2nnnn2C(C)C)c1. The van der Waals surface area contributed by atoms with Gasteiger partial charge in [0.2, 0.25) is 0 Å². The quantitative estimate of drug-likeness (QED) is 0.521. The van der Waals surface area contributed by atoms with E-state index in [-0.39, 0.29) is 18.6 Å². The van der Waals surface area contributed by atoms with Crippen LogP contribution >= 0.6 is 0 Å². The molecule has 0 spiro atoms. The van der Waals surface area contributed by atoms with E-state index >= 15 is 0 Å². The standard InChI is InChI=1S/C22H25N5O2/c1-4-13-26(15-18-9-6-5-7-10-18)22(28)19-11-8-12-20(14-19)29-16-21-23-24-25-27(21)17(2)3/h4-12,14,17H,1,13,15-16H2,2-3H3. The Labute approximate surface area is 170 Å². The summed E-state index contributed by atoms with van der Waals surface area (Å²) in [6.45, 7) is 8.98. The molecule has 0 atom stereocenters. The Morgan fingerprint density at radius 1 is 1.21 bits per heavy atom. The largest absolute Gasteiger partial charge is 0.486 e. The second-order valence-electron chi connectivity index (χ2n) is 6.91. The van der Waals surface area contributed by atoms with E-state index in [1.165, 1.54) is 0 Å².